The molecule has 0 aliphatic carbocycles. The monoisotopic (exact) mass is 438 g/mol. The van der Waals surface area contributed by atoms with Gasteiger partial charge in [0.2, 0.25) is 0 Å². The van der Waals surface area contributed by atoms with E-state index in [1.54, 1.807) is 10.8 Å². The zero-order valence-electron chi connectivity index (χ0n) is 17.3. The molecular weight excluding hydrogens is 415 g/mol. The fraction of sp³-hybridized carbons (Fsp3) is 0.333. The Bertz CT molecular complexity index is 1110. The Labute approximate surface area is 184 Å². The summed E-state index contributed by atoms with van der Waals surface area (Å²) in [6, 6.07) is 20.7. The predicted octanol–water partition coefficient (Wildman–Crippen LogP) is 3.04. The second-order valence-electron chi connectivity index (χ2n) is 7.94. The average Bonchev–Trinajstić information content (AvgIpc) is 3.31. The van der Waals surface area contributed by atoms with Gasteiger partial charge in [0, 0.05) is 12.3 Å². The predicted molar refractivity (Wildman–Crippen MR) is 113 cm³/mol. The second-order valence-corrected chi connectivity index (χ2v) is 7.94. The van der Waals surface area contributed by atoms with Crippen molar-refractivity contribution in [3.8, 4) is 6.01 Å². The minimum Gasteiger partial charge on any atom is -0.453 e. The summed E-state index contributed by atoms with van der Waals surface area (Å²) in [7, 11) is 0. The largest absolute Gasteiger partial charge is 0.453 e. The molecule has 1 aromatic heterocycles. The molecule has 0 spiro atoms. The lowest BCUT2D eigenvalue weighted by molar-refractivity contribution is -0.166. The summed E-state index contributed by atoms with van der Waals surface area (Å²) in [4.78, 5) is 15.5. The van der Waals surface area contributed by atoms with Gasteiger partial charge in [0.15, 0.2) is 17.9 Å². The lowest BCUT2D eigenvalue weighted by atomic mass is 9.97. The molecule has 3 aromatic rings. The summed E-state index contributed by atoms with van der Waals surface area (Å²) in [6.45, 7) is -0.265. The maximum absolute atomic E-state index is 14.6. The molecule has 2 aliphatic heterocycles. The van der Waals surface area contributed by atoms with Gasteiger partial charge in [-0.3, -0.25) is 9.36 Å². The third kappa shape index (κ3) is 3.92. The van der Waals surface area contributed by atoms with Crippen LogP contribution in [0.1, 0.15) is 17.4 Å². The number of fused-ring (bicyclic) bond motifs is 3. The van der Waals surface area contributed by atoms with Gasteiger partial charge < -0.3 is 18.9 Å². The maximum Gasteiger partial charge on any atom is 0.302 e. The quantitative estimate of drug-likeness (QED) is 0.538. The van der Waals surface area contributed by atoms with Gasteiger partial charge >= 0.3 is 6.01 Å². The van der Waals surface area contributed by atoms with Crippen molar-refractivity contribution in [3.05, 3.63) is 94.4 Å². The summed E-state index contributed by atoms with van der Waals surface area (Å²) in [6.07, 6.45) is -0.563. The SMILES string of the molecule is O=c1ccn2c(n1)O[C@H]1[C@H]2O[C@](CF)(COCc2ccccc2)[C@H]1OCc1ccccc1. The summed E-state index contributed by atoms with van der Waals surface area (Å²) < 4.78 is 40.4. The smallest absolute Gasteiger partial charge is 0.302 e. The van der Waals surface area contributed by atoms with E-state index < -0.39 is 36.3 Å². The highest BCUT2D eigenvalue weighted by atomic mass is 19.1. The van der Waals surface area contributed by atoms with Gasteiger partial charge in [0.1, 0.15) is 12.8 Å². The van der Waals surface area contributed by atoms with Crippen LogP contribution < -0.4 is 10.3 Å². The van der Waals surface area contributed by atoms with Crippen LogP contribution in [0, 0.1) is 0 Å². The zero-order valence-corrected chi connectivity index (χ0v) is 17.3. The summed E-state index contributed by atoms with van der Waals surface area (Å²) >= 11 is 0. The third-order valence-corrected chi connectivity index (χ3v) is 5.73. The number of ether oxygens (including phenoxy) is 4. The summed E-state index contributed by atoms with van der Waals surface area (Å²) in [5.74, 6) is 0. The number of aromatic nitrogens is 2. The normalized spacial score (nSPS) is 25.8. The molecule has 7 nitrogen and oxygen atoms in total. The summed E-state index contributed by atoms with van der Waals surface area (Å²) in [5.41, 5.74) is 0.141. The fourth-order valence-corrected chi connectivity index (χ4v) is 4.14. The average molecular weight is 438 g/mol. The van der Waals surface area contributed by atoms with Crippen LogP contribution in [0.5, 0.6) is 6.01 Å². The van der Waals surface area contributed by atoms with E-state index in [-0.39, 0.29) is 19.2 Å². The number of alkyl halides is 1. The van der Waals surface area contributed by atoms with E-state index in [1.165, 1.54) is 6.07 Å². The molecule has 1 saturated heterocycles. The van der Waals surface area contributed by atoms with Crippen LogP contribution in [0.3, 0.4) is 0 Å². The first-order chi connectivity index (χ1) is 15.7. The molecule has 8 heteroatoms. The van der Waals surface area contributed by atoms with Gasteiger partial charge in [0.25, 0.3) is 5.56 Å². The highest BCUT2D eigenvalue weighted by Crippen LogP contribution is 2.46. The first kappa shape index (κ1) is 20.8. The minimum atomic E-state index is -1.36. The van der Waals surface area contributed by atoms with Crippen LogP contribution in [-0.2, 0) is 27.4 Å². The van der Waals surface area contributed by atoms with Crippen LogP contribution in [0.2, 0.25) is 0 Å². The van der Waals surface area contributed by atoms with E-state index in [9.17, 15) is 9.18 Å². The van der Waals surface area contributed by atoms with Crippen LogP contribution in [0.15, 0.2) is 77.7 Å². The zero-order chi connectivity index (χ0) is 22.0. The van der Waals surface area contributed by atoms with Gasteiger partial charge in [-0.05, 0) is 11.1 Å². The van der Waals surface area contributed by atoms with Crippen molar-refractivity contribution in [3.63, 3.8) is 0 Å². The molecule has 166 valence electrons. The topological polar surface area (TPSA) is 71.8 Å². The highest BCUT2D eigenvalue weighted by Gasteiger charge is 2.61. The fourth-order valence-electron chi connectivity index (χ4n) is 4.14. The molecule has 1 fully saturated rings. The number of benzene rings is 2. The Hall–Kier alpha value is -3.07. The Balaban J connectivity index is 1.39. The number of hydrogen-bond donors (Lipinski definition) is 0. The number of halogens is 1. The van der Waals surface area contributed by atoms with Crippen molar-refractivity contribution in [2.75, 3.05) is 13.3 Å². The molecule has 0 N–H and O–H groups in total. The lowest BCUT2D eigenvalue weighted by Crippen LogP contribution is -2.51. The molecule has 0 bridgehead atoms. The third-order valence-electron chi connectivity index (χ3n) is 5.73. The molecule has 0 unspecified atom stereocenters. The van der Waals surface area contributed by atoms with Crippen molar-refractivity contribution in [1.29, 1.82) is 0 Å². The van der Waals surface area contributed by atoms with E-state index in [0.29, 0.717) is 6.61 Å². The number of hydrogen-bond acceptors (Lipinski definition) is 6. The standard InChI is InChI=1S/C24H23FN2O5/c25-15-24(16-29-13-17-7-3-1-4-8-17)21(30-14-18-9-5-2-6-10-18)20-22(32-24)27-12-11-19(28)26-23(27)31-20/h1-12,20-22H,13-16H2/t20-,21+,22-,24-/m1/s1. The molecule has 0 saturated carbocycles. The molecule has 2 aromatic carbocycles. The summed E-state index contributed by atoms with van der Waals surface area (Å²) in [5, 5.41) is 0. The van der Waals surface area contributed by atoms with Crippen molar-refractivity contribution in [2.24, 2.45) is 0 Å². The van der Waals surface area contributed by atoms with E-state index in [2.05, 4.69) is 4.98 Å². The van der Waals surface area contributed by atoms with E-state index in [1.807, 2.05) is 60.7 Å². The van der Waals surface area contributed by atoms with Crippen LogP contribution in [0.4, 0.5) is 4.39 Å². The van der Waals surface area contributed by atoms with E-state index in [4.69, 9.17) is 18.9 Å². The maximum atomic E-state index is 14.6. The van der Waals surface area contributed by atoms with Crippen molar-refractivity contribution >= 4 is 0 Å². The van der Waals surface area contributed by atoms with Gasteiger partial charge in [-0.15, -0.1) is 0 Å². The molecule has 5 rings (SSSR count). The first-order valence-corrected chi connectivity index (χ1v) is 10.5. The Morgan fingerprint density at radius 1 is 1.00 bits per heavy atom. The molecule has 4 atom stereocenters. The van der Waals surface area contributed by atoms with E-state index in [0.717, 1.165) is 11.1 Å². The Morgan fingerprint density at radius 2 is 1.69 bits per heavy atom. The Kier molecular flexibility index (Phi) is 5.73. The minimum absolute atomic E-state index is 0.0167. The molecule has 2 aliphatic rings. The molecule has 0 radical (unpaired) electrons. The van der Waals surface area contributed by atoms with Crippen LogP contribution >= 0.6 is 0 Å². The van der Waals surface area contributed by atoms with E-state index >= 15 is 0 Å². The Morgan fingerprint density at radius 3 is 2.38 bits per heavy atom. The lowest BCUT2D eigenvalue weighted by Gasteiger charge is -2.32. The first-order valence-electron chi connectivity index (χ1n) is 10.5. The van der Waals surface area contributed by atoms with Gasteiger partial charge in [-0.25, -0.2) is 4.39 Å². The van der Waals surface area contributed by atoms with Gasteiger partial charge in [0.05, 0.1) is 19.8 Å². The molecular formula is C24H23FN2O5. The molecule has 3 heterocycles. The molecule has 0 amide bonds. The van der Waals surface area contributed by atoms with Gasteiger partial charge in [-0.2, -0.15) is 4.98 Å². The van der Waals surface area contributed by atoms with Crippen molar-refractivity contribution in [1.82, 2.24) is 9.55 Å². The second kappa shape index (κ2) is 8.82. The van der Waals surface area contributed by atoms with Crippen LogP contribution in [0.25, 0.3) is 0 Å². The van der Waals surface area contributed by atoms with Gasteiger partial charge in [-0.1, -0.05) is 60.7 Å². The van der Waals surface area contributed by atoms with Crippen LogP contribution in [-0.4, -0.2) is 40.6 Å². The highest BCUT2D eigenvalue weighted by molar-refractivity contribution is 5.17. The number of nitrogens with zero attached hydrogens (tertiary/aromatic N) is 2. The van der Waals surface area contributed by atoms with Crippen molar-refractivity contribution in [2.45, 2.75) is 37.3 Å². The number of rotatable bonds is 8. The molecule has 32 heavy (non-hydrogen) atoms. The van der Waals surface area contributed by atoms with Crippen molar-refractivity contribution < 1.29 is 23.3 Å².